The first kappa shape index (κ1) is 11.7. The molecule has 1 amide bonds. The number of rotatable bonds is 5. The molecule has 0 radical (unpaired) electrons. The number of nitrogens with zero attached hydrogens (tertiary/aromatic N) is 1. The van der Waals surface area contributed by atoms with Crippen molar-refractivity contribution in [3.8, 4) is 0 Å². The van der Waals surface area contributed by atoms with Gasteiger partial charge in [-0.15, -0.1) is 0 Å². The van der Waals surface area contributed by atoms with Gasteiger partial charge in [-0.2, -0.15) is 0 Å². The third-order valence-electron chi connectivity index (χ3n) is 1.89. The number of carbonyl (C=O) groups is 2. The fourth-order valence-corrected chi connectivity index (χ4v) is 1.55. The van der Waals surface area contributed by atoms with Crippen molar-refractivity contribution in [1.29, 1.82) is 0 Å². The van der Waals surface area contributed by atoms with E-state index in [-0.39, 0.29) is 18.4 Å². The predicted molar refractivity (Wildman–Crippen MR) is 56.7 cm³/mol. The molecule has 0 aliphatic carbocycles. The summed E-state index contributed by atoms with van der Waals surface area (Å²) in [5, 5.41) is 0. The summed E-state index contributed by atoms with van der Waals surface area (Å²) in [4.78, 5) is 23.9. The lowest BCUT2D eigenvalue weighted by Gasteiger charge is -2.03. The van der Waals surface area contributed by atoms with E-state index >= 15 is 0 Å². The van der Waals surface area contributed by atoms with Crippen LogP contribution >= 0.6 is 23.0 Å². The molecule has 1 rings (SSSR count). The van der Waals surface area contributed by atoms with Crippen molar-refractivity contribution in [2.45, 2.75) is 19.4 Å². The molecule has 80 valence electrons. The molecule has 0 aromatic rings. The average molecular weight is 313 g/mol. The second-order valence-electron chi connectivity index (χ2n) is 2.96. The van der Waals surface area contributed by atoms with Crippen LogP contribution in [0.5, 0.6) is 0 Å². The molecule has 0 spiro atoms. The Morgan fingerprint density at radius 3 is 2.86 bits per heavy atom. The van der Waals surface area contributed by atoms with Gasteiger partial charge in [-0.05, 0) is 6.92 Å². The van der Waals surface area contributed by atoms with Crippen molar-refractivity contribution in [3.05, 3.63) is 0 Å². The second kappa shape index (κ2) is 5.50. The van der Waals surface area contributed by atoms with Crippen molar-refractivity contribution in [1.82, 2.24) is 4.90 Å². The van der Waals surface area contributed by atoms with E-state index in [0.29, 0.717) is 19.8 Å². The summed E-state index contributed by atoms with van der Waals surface area (Å²) in [5.41, 5.74) is 0. The third kappa shape index (κ3) is 3.41. The molecular weight excluding hydrogens is 301 g/mol. The van der Waals surface area contributed by atoms with Crippen LogP contribution in [-0.4, -0.2) is 42.6 Å². The standard InChI is InChI=1S/C8H12INO4/c1-2-13-8(12)3-7(11)10-4-6(10)5-14-9/h6H,2-5H2,1H3/t6-,10?/m0/s1. The Kier molecular flexibility index (Phi) is 4.59. The van der Waals surface area contributed by atoms with Crippen molar-refractivity contribution < 1.29 is 17.4 Å². The summed E-state index contributed by atoms with van der Waals surface area (Å²) in [6, 6.07) is 0.147. The van der Waals surface area contributed by atoms with E-state index in [0.717, 1.165) is 0 Å². The zero-order valence-electron chi connectivity index (χ0n) is 7.86. The van der Waals surface area contributed by atoms with E-state index in [1.54, 1.807) is 34.8 Å². The first-order valence-corrected chi connectivity index (χ1v) is 5.25. The number of halogens is 1. The first-order chi connectivity index (χ1) is 6.69. The summed E-state index contributed by atoms with van der Waals surface area (Å²) in [6.07, 6.45) is -0.161. The molecule has 0 aromatic carbocycles. The maximum atomic E-state index is 11.3. The minimum Gasteiger partial charge on any atom is -0.466 e. The normalized spacial score (nSPS) is 19.3. The Labute approximate surface area is 96.4 Å². The molecule has 5 nitrogen and oxygen atoms in total. The van der Waals surface area contributed by atoms with E-state index in [4.69, 9.17) is 3.07 Å². The molecule has 1 saturated heterocycles. The van der Waals surface area contributed by atoms with Gasteiger partial charge in [-0.1, -0.05) is 0 Å². The van der Waals surface area contributed by atoms with Gasteiger partial charge in [-0.3, -0.25) is 9.59 Å². The smallest absolute Gasteiger partial charge is 0.315 e. The highest BCUT2D eigenvalue weighted by Gasteiger charge is 2.38. The van der Waals surface area contributed by atoms with E-state index < -0.39 is 5.97 Å². The first-order valence-electron chi connectivity index (χ1n) is 4.37. The lowest BCUT2D eigenvalue weighted by Crippen LogP contribution is -2.20. The molecule has 1 fully saturated rings. The highest BCUT2D eigenvalue weighted by molar-refractivity contribution is 14.1. The van der Waals surface area contributed by atoms with Crippen LogP contribution in [0, 0.1) is 0 Å². The zero-order valence-corrected chi connectivity index (χ0v) is 10.0. The molecule has 1 atom stereocenters. The Morgan fingerprint density at radius 2 is 2.29 bits per heavy atom. The van der Waals surface area contributed by atoms with Gasteiger partial charge in [0.05, 0.1) is 19.3 Å². The molecule has 0 bridgehead atoms. The Balaban J connectivity index is 2.20. The average Bonchev–Trinajstić information content (AvgIpc) is 2.85. The maximum Gasteiger partial charge on any atom is 0.315 e. The van der Waals surface area contributed by atoms with Gasteiger partial charge in [0, 0.05) is 6.54 Å². The van der Waals surface area contributed by atoms with Crippen molar-refractivity contribution in [2.75, 3.05) is 19.8 Å². The van der Waals surface area contributed by atoms with Crippen LogP contribution < -0.4 is 0 Å². The predicted octanol–water partition coefficient (Wildman–Crippen LogP) is 0.517. The Bertz CT molecular complexity index is 233. The third-order valence-corrected chi connectivity index (χ3v) is 2.25. The Hall–Kier alpha value is -0.370. The molecule has 1 aliphatic heterocycles. The van der Waals surface area contributed by atoms with Crippen molar-refractivity contribution in [3.63, 3.8) is 0 Å². The Morgan fingerprint density at radius 1 is 1.57 bits per heavy atom. The maximum absolute atomic E-state index is 11.3. The zero-order chi connectivity index (χ0) is 10.6. The van der Waals surface area contributed by atoms with Crippen LogP contribution in [0.4, 0.5) is 0 Å². The molecule has 1 heterocycles. The molecule has 6 heteroatoms. The summed E-state index contributed by atoms with van der Waals surface area (Å²) >= 11 is 1.79. The monoisotopic (exact) mass is 313 g/mol. The number of hydrogen-bond acceptors (Lipinski definition) is 4. The lowest BCUT2D eigenvalue weighted by molar-refractivity contribution is -0.147. The fraction of sp³-hybridized carbons (Fsp3) is 0.750. The topological polar surface area (TPSA) is 55.6 Å². The largest absolute Gasteiger partial charge is 0.466 e. The van der Waals surface area contributed by atoms with E-state index in [1.165, 1.54) is 0 Å². The highest BCUT2D eigenvalue weighted by Crippen LogP contribution is 2.19. The quantitative estimate of drug-likeness (QED) is 0.321. The van der Waals surface area contributed by atoms with Crippen molar-refractivity contribution >= 4 is 34.9 Å². The van der Waals surface area contributed by atoms with Gasteiger partial charge < -0.3 is 12.7 Å². The fourth-order valence-electron chi connectivity index (χ4n) is 1.14. The molecular formula is C8H12INO4. The number of esters is 1. The molecule has 0 unspecified atom stereocenters. The van der Waals surface area contributed by atoms with Crippen LogP contribution in [0.2, 0.25) is 0 Å². The van der Waals surface area contributed by atoms with Gasteiger partial charge in [-0.25, -0.2) is 0 Å². The van der Waals surface area contributed by atoms with Gasteiger partial charge in [0.1, 0.15) is 29.4 Å². The lowest BCUT2D eigenvalue weighted by atomic mass is 10.4. The van der Waals surface area contributed by atoms with E-state index in [2.05, 4.69) is 4.74 Å². The number of ether oxygens (including phenoxy) is 1. The van der Waals surface area contributed by atoms with Gasteiger partial charge in [0.15, 0.2) is 0 Å². The van der Waals surface area contributed by atoms with Crippen LogP contribution in [-0.2, 0) is 17.4 Å². The summed E-state index contributed by atoms with van der Waals surface area (Å²) in [5.74, 6) is -0.638. The summed E-state index contributed by atoms with van der Waals surface area (Å²) < 4.78 is 9.53. The molecule has 14 heavy (non-hydrogen) atoms. The number of hydrogen-bond donors (Lipinski definition) is 0. The van der Waals surface area contributed by atoms with Crippen molar-refractivity contribution in [2.24, 2.45) is 0 Å². The molecule has 1 aliphatic rings. The van der Waals surface area contributed by atoms with Gasteiger partial charge in [0.2, 0.25) is 5.91 Å². The molecule has 0 N–H and O–H groups in total. The molecule has 0 aromatic heterocycles. The SMILES string of the molecule is CCOC(=O)CC(=O)N1C[C@H]1COI. The van der Waals surface area contributed by atoms with Crippen LogP contribution in [0.25, 0.3) is 0 Å². The number of carbonyl (C=O) groups excluding carboxylic acids is 2. The minimum atomic E-state index is -0.460. The highest BCUT2D eigenvalue weighted by atomic mass is 127. The minimum absolute atomic E-state index is 0.147. The van der Waals surface area contributed by atoms with Crippen LogP contribution in [0.3, 0.4) is 0 Å². The number of amides is 1. The van der Waals surface area contributed by atoms with Crippen LogP contribution in [0.1, 0.15) is 13.3 Å². The van der Waals surface area contributed by atoms with Crippen LogP contribution in [0.15, 0.2) is 0 Å². The summed E-state index contributed by atoms with van der Waals surface area (Å²) in [6.45, 7) is 3.23. The summed E-state index contributed by atoms with van der Waals surface area (Å²) in [7, 11) is 0. The van der Waals surface area contributed by atoms with Gasteiger partial charge >= 0.3 is 5.97 Å². The van der Waals surface area contributed by atoms with E-state index in [9.17, 15) is 9.59 Å². The van der Waals surface area contributed by atoms with E-state index in [1.807, 2.05) is 0 Å². The second-order valence-corrected chi connectivity index (χ2v) is 3.58. The molecule has 0 saturated carbocycles. The van der Waals surface area contributed by atoms with Gasteiger partial charge in [0.25, 0.3) is 0 Å².